The van der Waals surface area contributed by atoms with Crippen molar-refractivity contribution in [1.29, 1.82) is 0 Å². The number of amides is 1. The van der Waals surface area contributed by atoms with Crippen LogP contribution in [0.3, 0.4) is 0 Å². The molecule has 0 saturated carbocycles. The number of likely N-dealkylation sites (tertiary alicyclic amines) is 1. The summed E-state index contributed by atoms with van der Waals surface area (Å²) < 4.78 is 0. The predicted octanol–water partition coefficient (Wildman–Crippen LogP) is 5.41. The van der Waals surface area contributed by atoms with Gasteiger partial charge in [0.1, 0.15) is 5.75 Å². The maximum atomic E-state index is 13.0. The van der Waals surface area contributed by atoms with Gasteiger partial charge in [-0.1, -0.05) is 42.1 Å². The standard InChI is InChI=1S/C27H29N3O2S/c1-19(18-29-14-6-7-15-29)30-22-9-3-5-11-25(22)33-26-13-12-20(16-23(26)30)27(32)28-17-21-8-2-4-10-24(21)31/h2-5,8-13,16,19,31H,6-7,14-15,17-18H2,1H3,(H,28,32). The minimum Gasteiger partial charge on any atom is -0.508 e. The number of carbonyl (C=O) groups is 1. The Bertz CT molecular complexity index is 1160. The molecule has 3 aromatic rings. The highest BCUT2D eigenvalue weighted by molar-refractivity contribution is 7.99. The molecule has 0 bridgehead atoms. The fraction of sp³-hybridized carbons (Fsp3) is 0.296. The molecule has 5 nitrogen and oxygen atoms in total. The van der Waals surface area contributed by atoms with E-state index in [1.807, 2.05) is 24.3 Å². The average Bonchev–Trinajstić information content (AvgIpc) is 3.34. The molecule has 2 aliphatic heterocycles. The van der Waals surface area contributed by atoms with E-state index < -0.39 is 0 Å². The van der Waals surface area contributed by atoms with Gasteiger partial charge in [-0.25, -0.2) is 0 Å². The topological polar surface area (TPSA) is 55.8 Å². The lowest BCUT2D eigenvalue weighted by Gasteiger charge is -2.39. The normalized spacial score (nSPS) is 16.2. The summed E-state index contributed by atoms with van der Waals surface area (Å²) in [6, 6.07) is 21.8. The van der Waals surface area contributed by atoms with Crippen molar-refractivity contribution in [3.05, 3.63) is 77.9 Å². The number of carbonyl (C=O) groups excluding carboxylic acids is 1. The summed E-state index contributed by atoms with van der Waals surface area (Å²) >= 11 is 1.76. The van der Waals surface area contributed by atoms with Crippen LogP contribution >= 0.6 is 11.8 Å². The van der Waals surface area contributed by atoms with Crippen molar-refractivity contribution < 1.29 is 9.90 Å². The quantitative estimate of drug-likeness (QED) is 0.516. The number of phenolic OH excluding ortho intramolecular Hbond substituents is 1. The maximum Gasteiger partial charge on any atom is 0.251 e. The molecule has 1 fully saturated rings. The van der Waals surface area contributed by atoms with Gasteiger partial charge in [-0.05, 0) is 69.3 Å². The first-order valence-electron chi connectivity index (χ1n) is 11.6. The zero-order valence-corrected chi connectivity index (χ0v) is 19.6. The van der Waals surface area contributed by atoms with Gasteiger partial charge < -0.3 is 20.2 Å². The molecule has 2 heterocycles. The van der Waals surface area contributed by atoms with Gasteiger partial charge in [-0.2, -0.15) is 0 Å². The molecule has 1 amide bonds. The number of hydrogen-bond donors (Lipinski definition) is 2. The van der Waals surface area contributed by atoms with E-state index in [2.05, 4.69) is 52.4 Å². The van der Waals surface area contributed by atoms with Crippen LogP contribution in [-0.4, -0.2) is 41.6 Å². The highest BCUT2D eigenvalue weighted by atomic mass is 32.2. The monoisotopic (exact) mass is 459 g/mol. The molecule has 6 heteroatoms. The highest BCUT2D eigenvalue weighted by Crippen LogP contribution is 2.49. The molecule has 33 heavy (non-hydrogen) atoms. The Morgan fingerprint density at radius 3 is 2.55 bits per heavy atom. The molecule has 0 spiro atoms. The van der Waals surface area contributed by atoms with Crippen LogP contribution in [0.1, 0.15) is 35.7 Å². The zero-order valence-electron chi connectivity index (χ0n) is 18.8. The van der Waals surface area contributed by atoms with Crippen LogP contribution in [0.5, 0.6) is 5.75 Å². The summed E-state index contributed by atoms with van der Waals surface area (Å²) in [7, 11) is 0. The average molecular weight is 460 g/mol. The molecule has 0 radical (unpaired) electrons. The first kappa shape index (κ1) is 21.9. The summed E-state index contributed by atoms with van der Waals surface area (Å²) in [4.78, 5) is 20.3. The van der Waals surface area contributed by atoms with Crippen LogP contribution in [-0.2, 0) is 6.54 Å². The summed E-state index contributed by atoms with van der Waals surface area (Å²) in [6.07, 6.45) is 2.55. The molecule has 5 rings (SSSR count). The van der Waals surface area contributed by atoms with E-state index in [4.69, 9.17) is 0 Å². The third-order valence-corrected chi connectivity index (χ3v) is 7.55. The number of anilines is 2. The van der Waals surface area contributed by atoms with Crippen LogP contribution in [0.25, 0.3) is 0 Å². The third-order valence-electron chi connectivity index (χ3n) is 6.42. The number of nitrogens with zero attached hydrogens (tertiary/aromatic N) is 2. The highest BCUT2D eigenvalue weighted by Gasteiger charge is 2.29. The molecule has 3 aromatic carbocycles. The minimum atomic E-state index is -0.142. The molecule has 1 saturated heterocycles. The van der Waals surface area contributed by atoms with E-state index in [0.717, 1.165) is 25.3 Å². The summed E-state index contributed by atoms with van der Waals surface area (Å²) in [5.41, 5.74) is 3.62. The maximum absolute atomic E-state index is 13.0. The first-order chi connectivity index (χ1) is 16.1. The van der Waals surface area contributed by atoms with Crippen LogP contribution in [0, 0.1) is 0 Å². The molecule has 170 valence electrons. The largest absolute Gasteiger partial charge is 0.508 e. The number of rotatable bonds is 6. The van der Waals surface area contributed by atoms with Gasteiger partial charge in [0.25, 0.3) is 5.91 Å². The number of benzene rings is 3. The smallest absolute Gasteiger partial charge is 0.251 e. The van der Waals surface area contributed by atoms with E-state index in [0.29, 0.717) is 11.1 Å². The second-order valence-electron chi connectivity index (χ2n) is 8.79. The van der Waals surface area contributed by atoms with Crippen molar-refractivity contribution in [3.63, 3.8) is 0 Å². The Labute approximate surface area is 199 Å². The van der Waals surface area contributed by atoms with E-state index in [9.17, 15) is 9.90 Å². The van der Waals surface area contributed by atoms with Crippen molar-refractivity contribution in [2.24, 2.45) is 0 Å². The number of aromatic hydroxyl groups is 1. The molecule has 0 aromatic heterocycles. The van der Waals surface area contributed by atoms with E-state index in [-0.39, 0.29) is 24.2 Å². The Hall–Kier alpha value is -2.96. The lowest BCUT2D eigenvalue weighted by atomic mass is 10.1. The summed E-state index contributed by atoms with van der Waals surface area (Å²) in [5, 5.41) is 12.9. The zero-order chi connectivity index (χ0) is 22.8. The second-order valence-corrected chi connectivity index (χ2v) is 9.87. The van der Waals surface area contributed by atoms with Gasteiger partial charge in [0, 0.05) is 40.0 Å². The van der Waals surface area contributed by atoms with E-state index in [1.54, 1.807) is 23.9 Å². The summed E-state index contributed by atoms with van der Waals surface area (Å²) in [6.45, 7) is 5.89. The Balaban J connectivity index is 1.42. The van der Waals surface area contributed by atoms with Gasteiger partial charge in [0.05, 0.1) is 11.4 Å². The third kappa shape index (κ3) is 4.59. The minimum absolute atomic E-state index is 0.142. The van der Waals surface area contributed by atoms with Gasteiger partial charge in [-0.3, -0.25) is 4.79 Å². The van der Waals surface area contributed by atoms with Crippen LogP contribution in [0.15, 0.2) is 76.5 Å². The molecule has 1 atom stereocenters. The molecule has 0 aliphatic carbocycles. The number of hydrogen-bond acceptors (Lipinski definition) is 5. The Kier molecular flexibility index (Phi) is 6.29. The fourth-order valence-electron chi connectivity index (χ4n) is 4.76. The number of nitrogens with one attached hydrogen (secondary N) is 1. The Morgan fingerprint density at radius 2 is 1.73 bits per heavy atom. The van der Waals surface area contributed by atoms with Crippen molar-refractivity contribution in [2.45, 2.75) is 42.1 Å². The molecule has 1 unspecified atom stereocenters. The van der Waals surface area contributed by atoms with Crippen LogP contribution < -0.4 is 10.2 Å². The molecular weight excluding hydrogens is 430 g/mol. The SMILES string of the molecule is CC(CN1CCCC1)N1c2ccccc2Sc2ccc(C(=O)NCc3ccccc3O)cc21. The van der Waals surface area contributed by atoms with Crippen molar-refractivity contribution in [1.82, 2.24) is 10.2 Å². The van der Waals surface area contributed by atoms with Crippen LogP contribution in [0.2, 0.25) is 0 Å². The van der Waals surface area contributed by atoms with Gasteiger partial charge >= 0.3 is 0 Å². The lowest BCUT2D eigenvalue weighted by molar-refractivity contribution is 0.0950. The Morgan fingerprint density at radius 1 is 1.00 bits per heavy atom. The number of phenols is 1. The van der Waals surface area contributed by atoms with Crippen molar-refractivity contribution in [3.8, 4) is 5.75 Å². The van der Waals surface area contributed by atoms with Crippen LogP contribution in [0.4, 0.5) is 11.4 Å². The van der Waals surface area contributed by atoms with Gasteiger partial charge in [0.2, 0.25) is 0 Å². The molecule has 2 aliphatic rings. The fourth-order valence-corrected chi connectivity index (χ4v) is 5.81. The van der Waals surface area contributed by atoms with Crippen molar-refractivity contribution >= 4 is 29.0 Å². The van der Waals surface area contributed by atoms with E-state index in [1.165, 1.54) is 28.3 Å². The lowest BCUT2D eigenvalue weighted by Crippen LogP contribution is -2.40. The first-order valence-corrected chi connectivity index (χ1v) is 12.4. The molecule has 2 N–H and O–H groups in total. The number of fused-ring (bicyclic) bond motifs is 2. The van der Waals surface area contributed by atoms with Gasteiger partial charge in [0.15, 0.2) is 0 Å². The summed E-state index contributed by atoms with van der Waals surface area (Å²) in [5.74, 6) is 0.0511. The predicted molar refractivity (Wildman–Crippen MR) is 134 cm³/mol. The second kappa shape index (κ2) is 9.49. The van der Waals surface area contributed by atoms with Crippen molar-refractivity contribution in [2.75, 3.05) is 24.5 Å². The molecular formula is C27H29N3O2S. The number of para-hydroxylation sites is 2. The van der Waals surface area contributed by atoms with E-state index >= 15 is 0 Å². The van der Waals surface area contributed by atoms with Gasteiger partial charge in [-0.15, -0.1) is 0 Å².